The third-order valence-electron chi connectivity index (χ3n) is 9.40. The molecule has 0 spiro atoms. The molecule has 3 aromatic carbocycles. The zero-order valence-corrected chi connectivity index (χ0v) is 34.7. The molecule has 16 nitrogen and oxygen atoms in total. The van der Waals surface area contributed by atoms with Crippen molar-refractivity contribution >= 4 is 58.1 Å². The van der Waals surface area contributed by atoms with Crippen LogP contribution in [0.2, 0.25) is 0 Å². The molecule has 0 bridgehead atoms. The van der Waals surface area contributed by atoms with Crippen LogP contribution in [-0.2, 0) is 39.5 Å². The number of benzene rings is 3. The van der Waals surface area contributed by atoms with E-state index in [4.69, 9.17) is 19.4 Å². The quantitative estimate of drug-likeness (QED) is 0.0535. The summed E-state index contributed by atoms with van der Waals surface area (Å²) in [5, 5.41) is 22.6. The van der Waals surface area contributed by atoms with Gasteiger partial charge in [0.05, 0.1) is 28.3 Å². The third kappa shape index (κ3) is 10.0. The van der Waals surface area contributed by atoms with Crippen LogP contribution < -0.4 is 20.7 Å². The molecule has 60 heavy (non-hydrogen) atoms. The maximum atomic E-state index is 13.6. The number of thioether (sulfide) groups is 2. The van der Waals surface area contributed by atoms with Gasteiger partial charge in [-0.3, -0.25) is 19.7 Å². The summed E-state index contributed by atoms with van der Waals surface area (Å²) in [6.07, 6.45) is 1.91. The normalized spacial score (nSPS) is 13.6. The van der Waals surface area contributed by atoms with E-state index in [0.717, 1.165) is 51.8 Å². The zero-order valence-electron chi connectivity index (χ0n) is 33.1. The number of aromatic amines is 1. The Morgan fingerprint density at radius 1 is 0.933 bits per heavy atom. The molecular formula is C42H42N10O6S2. The molecule has 7 rings (SSSR count). The number of amides is 3. The predicted molar refractivity (Wildman–Crippen MR) is 229 cm³/mol. The summed E-state index contributed by atoms with van der Waals surface area (Å²) in [5.41, 5.74) is 6.15. The van der Waals surface area contributed by atoms with Crippen LogP contribution >= 0.6 is 23.5 Å². The van der Waals surface area contributed by atoms with Gasteiger partial charge in [0.1, 0.15) is 11.6 Å². The number of hydrogen-bond donors (Lipinski definition) is 4. The van der Waals surface area contributed by atoms with E-state index >= 15 is 0 Å². The van der Waals surface area contributed by atoms with Gasteiger partial charge >= 0.3 is 5.97 Å². The molecule has 308 valence electrons. The van der Waals surface area contributed by atoms with Crippen LogP contribution in [0.3, 0.4) is 0 Å². The number of hydrogen-bond acceptors (Lipinski definition) is 14. The SMILES string of the molecule is CCCc1nc(CSc2ccc(NC(=O)COc3ccc(CC4SC(=O)NC4=O)cc3)c(NC)n2)c(C(=O)OCC)n1Cc1ccc(-c2ccccc2-c2nn[nH]n2)cc1. The van der Waals surface area contributed by atoms with E-state index < -0.39 is 11.2 Å². The summed E-state index contributed by atoms with van der Waals surface area (Å²) in [6.45, 7) is 4.25. The fraction of sp³-hybridized carbons (Fsp3) is 0.262. The lowest BCUT2D eigenvalue weighted by atomic mass is 9.98. The lowest BCUT2D eigenvalue weighted by Gasteiger charge is -2.14. The Morgan fingerprint density at radius 3 is 2.38 bits per heavy atom. The number of H-pyrrole nitrogens is 1. The smallest absolute Gasteiger partial charge is 0.356 e. The maximum Gasteiger partial charge on any atom is 0.356 e. The lowest BCUT2D eigenvalue weighted by molar-refractivity contribution is -0.119. The van der Waals surface area contributed by atoms with Crippen molar-refractivity contribution in [1.82, 2.24) is 40.5 Å². The van der Waals surface area contributed by atoms with Gasteiger partial charge in [0.25, 0.3) is 11.1 Å². The number of pyridine rings is 1. The molecule has 3 amide bonds. The highest BCUT2D eigenvalue weighted by atomic mass is 32.2. The van der Waals surface area contributed by atoms with Gasteiger partial charge in [-0.2, -0.15) is 5.21 Å². The number of rotatable bonds is 18. The fourth-order valence-electron chi connectivity index (χ4n) is 6.60. The second-order valence-electron chi connectivity index (χ2n) is 13.5. The number of imide groups is 1. The number of carbonyl (C=O) groups excluding carboxylic acids is 4. The van der Waals surface area contributed by atoms with Crippen LogP contribution in [0.15, 0.2) is 90.0 Å². The number of imidazole rings is 1. The molecule has 1 aliphatic rings. The number of anilines is 2. The number of aryl methyl sites for hydroxylation is 1. The van der Waals surface area contributed by atoms with Gasteiger partial charge in [0, 0.05) is 31.3 Å². The molecule has 1 unspecified atom stereocenters. The molecule has 1 aliphatic heterocycles. The van der Waals surface area contributed by atoms with Gasteiger partial charge in [-0.05, 0) is 71.5 Å². The Balaban J connectivity index is 1.01. The minimum absolute atomic E-state index is 0.219. The highest BCUT2D eigenvalue weighted by molar-refractivity contribution is 8.15. The number of aromatic nitrogens is 7. The number of esters is 1. The van der Waals surface area contributed by atoms with Crippen molar-refractivity contribution in [1.29, 1.82) is 0 Å². The third-order valence-corrected chi connectivity index (χ3v) is 11.3. The van der Waals surface area contributed by atoms with Crippen LogP contribution in [-0.4, -0.2) is 83.7 Å². The molecule has 3 aromatic heterocycles. The monoisotopic (exact) mass is 846 g/mol. The molecule has 1 atom stereocenters. The van der Waals surface area contributed by atoms with Crippen LogP contribution in [0, 0.1) is 0 Å². The molecule has 1 fully saturated rings. The highest BCUT2D eigenvalue weighted by Gasteiger charge is 2.31. The van der Waals surface area contributed by atoms with Crippen molar-refractivity contribution < 1.29 is 28.7 Å². The number of tetrazole rings is 1. The van der Waals surface area contributed by atoms with Crippen molar-refractivity contribution in [2.45, 2.75) is 55.7 Å². The van der Waals surface area contributed by atoms with Gasteiger partial charge in [0.2, 0.25) is 11.7 Å². The van der Waals surface area contributed by atoms with Crippen LogP contribution in [0.5, 0.6) is 5.75 Å². The first-order valence-corrected chi connectivity index (χ1v) is 21.1. The summed E-state index contributed by atoms with van der Waals surface area (Å²) < 4.78 is 13.2. The topological polar surface area (TPSA) is 208 Å². The van der Waals surface area contributed by atoms with Crippen LogP contribution in [0.1, 0.15) is 53.4 Å². The van der Waals surface area contributed by atoms with E-state index in [1.165, 1.54) is 11.8 Å². The van der Waals surface area contributed by atoms with Crippen molar-refractivity contribution in [3.8, 4) is 28.3 Å². The molecule has 4 heterocycles. The van der Waals surface area contributed by atoms with Gasteiger partial charge in [-0.25, -0.2) is 14.8 Å². The van der Waals surface area contributed by atoms with Crippen LogP contribution in [0.25, 0.3) is 22.5 Å². The Kier molecular flexibility index (Phi) is 13.5. The zero-order chi connectivity index (χ0) is 42.0. The second-order valence-corrected chi connectivity index (χ2v) is 15.7. The van der Waals surface area contributed by atoms with E-state index in [-0.39, 0.29) is 30.3 Å². The number of ether oxygens (including phenoxy) is 2. The fourth-order valence-corrected chi connectivity index (χ4v) is 8.26. The summed E-state index contributed by atoms with van der Waals surface area (Å²) in [6, 6.07) is 26.6. The second kappa shape index (κ2) is 19.5. The first kappa shape index (κ1) is 41.6. The van der Waals surface area contributed by atoms with Gasteiger partial charge in [0.15, 0.2) is 18.1 Å². The molecule has 0 radical (unpaired) electrons. The molecule has 0 saturated carbocycles. The maximum absolute atomic E-state index is 13.6. The first-order valence-electron chi connectivity index (χ1n) is 19.2. The first-order chi connectivity index (χ1) is 29.2. The van der Waals surface area contributed by atoms with E-state index in [0.29, 0.717) is 64.6 Å². The largest absolute Gasteiger partial charge is 0.484 e. The average molecular weight is 847 g/mol. The molecular weight excluding hydrogens is 805 g/mol. The predicted octanol–water partition coefficient (Wildman–Crippen LogP) is 6.55. The van der Waals surface area contributed by atoms with Crippen molar-refractivity contribution in [3.63, 3.8) is 0 Å². The van der Waals surface area contributed by atoms with Crippen molar-refractivity contribution in [2.75, 3.05) is 30.9 Å². The highest BCUT2D eigenvalue weighted by Crippen LogP contribution is 2.32. The number of nitrogens with one attached hydrogen (secondary N) is 4. The van der Waals surface area contributed by atoms with Gasteiger partial charge < -0.3 is 24.7 Å². The summed E-state index contributed by atoms with van der Waals surface area (Å²) in [4.78, 5) is 59.5. The molecule has 6 aromatic rings. The Bertz CT molecular complexity index is 2480. The summed E-state index contributed by atoms with van der Waals surface area (Å²) in [7, 11) is 1.71. The minimum atomic E-state index is -0.462. The van der Waals surface area contributed by atoms with E-state index in [1.54, 1.807) is 50.4 Å². The van der Waals surface area contributed by atoms with Gasteiger partial charge in [-0.1, -0.05) is 91.1 Å². The average Bonchev–Trinajstić information content (AvgIpc) is 4.00. The minimum Gasteiger partial charge on any atom is -0.484 e. The molecule has 0 aliphatic carbocycles. The lowest BCUT2D eigenvalue weighted by Crippen LogP contribution is -2.25. The standard InChI is InChI=1S/C42H42N10O6S2/c1-4-8-34-44-32(37(41(55)57-5-2)52(34)22-26-11-15-27(16-12-26)29-9-6-7-10-30(29)38-48-50-51-49-38)24-59-36-20-19-31(39(43-3)46-36)45-35(53)23-58-28-17-13-25(14-18-28)21-33-40(54)47-42(56)60-33/h6-7,9-20,33H,4-5,8,21-24H2,1-3H3,(H,43,46)(H,45,53)(H,47,54,56)(H,48,49,50,51). The molecule has 18 heteroatoms. The van der Waals surface area contributed by atoms with Gasteiger partial charge in [-0.15, -0.1) is 10.2 Å². The van der Waals surface area contributed by atoms with Crippen molar-refractivity contribution in [3.05, 3.63) is 113 Å². The Morgan fingerprint density at radius 2 is 1.70 bits per heavy atom. The van der Waals surface area contributed by atoms with E-state index in [2.05, 4.69) is 43.5 Å². The molecule has 4 N–H and O–H groups in total. The number of nitrogens with zero attached hydrogens (tertiary/aromatic N) is 6. The molecule has 1 saturated heterocycles. The summed E-state index contributed by atoms with van der Waals surface area (Å²) in [5.74, 6) is 1.47. The van der Waals surface area contributed by atoms with E-state index in [1.807, 2.05) is 53.1 Å². The van der Waals surface area contributed by atoms with E-state index in [9.17, 15) is 19.2 Å². The Labute approximate surface area is 354 Å². The summed E-state index contributed by atoms with van der Waals surface area (Å²) >= 11 is 2.39. The number of carbonyl (C=O) groups is 4. The Hall–Kier alpha value is -6.53. The van der Waals surface area contributed by atoms with Crippen molar-refractivity contribution in [2.24, 2.45) is 0 Å². The van der Waals surface area contributed by atoms with Crippen LogP contribution in [0.4, 0.5) is 16.3 Å².